The van der Waals surface area contributed by atoms with E-state index in [2.05, 4.69) is 21.3 Å². The summed E-state index contributed by atoms with van der Waals surface area (Å²) in [6, 6.07) is 0. The fourth-order valence-corrected chi connectivity index (χ4v) is 0.254. The molecule has 10 heavy (non-hydrogen) atoms. The van der Waals surface area contributed by atoms with Crippen LogP contribution in [-0.2, 0) is 14.3 Å². The molecular formula is C7H8O3. The van der Waals surface area contributed by atoms with Crippen molar-refractivity contribution in [3.8, 4) is 11.8 Å². The van der Waals surface area contributed by atoms with E-state index in [0.717, 1.165) is 0 Å². The third kappa shape index (κ3) is 4.72. The molecule has 0 fully saturated rings. The Labute approximate surface area is 59.6 Å². The lowest BCUT2D eigenvalue weighted by atomic mass is 10.5. The maximum Gasteiger partial charge on any atom is 0.384 e. The van der Waals surface area contributed by atoms with E-state index in [1.54, 1.807) is 0 Å². The summed E-state index contributed by atoms with van der Waals surface area (Å²) in [5.41, 5.74) is 0. The third-order valence-corrected chi connectivity index (χ3v) is 0.647. The molecule has 0 aromatic rings. The second-order valence-electron chi connectivity index (χ2n) is 1.30. The standard InChI is InChI=1S/C7H8O3/c1-9-6-4-3-5-7(8)10-2/h4,6H,1-2H3/b6-4-. The topological polar surface area (TPSA) is 35.5 Å². The molecule has 0 atom stereocenters. The fraction of sp³-hybridized carbons (Fsp3) is 0.286. The Morgan fingerprint density at radius 3 is 2.70 bits per heavy atom. The maximum atomic E-state index is 10.3. The lowest BCUT2D eigenvalue weighted by molar-refractivity contribution is -0.133. The van der Waals surface area contributed by atoms with E-state index in [1.807, 2.05) is 0 Å². The molecule has 0 N–H and O–H groups in total. The SMILES string of the molecule is CO/C=C\C#CC(=O)OC. The summed E-state index contributed by atoms with van der Waals surface area (Å²) in [6.07, 6.45) is 2.78. The minimum Gasteiger partial charge on any atom is -0.504 e. The van der Waals surface area contributed by atoms with Crippen LogP contribution in [0.1, 0.15) is 0 Å². The Bertz CT molecular complexity index is 183. The van der Waals surface area contributed by atoms with Gasteiger partial charge in [0, 0.05) is 12.0 Å². The number of hydrogen-bond acceptors (Lipinski definition) is 3. The Kier molecular flexibility index (Phi) is 4.89. The zero-order valence-corrected chi connectivity index (χ0v) is 5.88. The maximum absolute atomic E-state index is 10.3. The lowest BCUT2D eigenvalue weighted by Crippen LogP contribution is -1.93. The van der Waals surface area contributed by atoms with E-state index in [4.69, 9.17) is 0 Å². The van der Waals surface area contributed by atoms with Crippen molar-refractivity contribution in [2.24, 2.45) is 0 Å². The molecule has 0 heterocycles. The highest BCUT2D eigenvalue weighted by Gasteiger charge is 1.85. The van der Waals surface area contributed by atoms with E-state index < -0.39 is 5.97 Å². The van der Waals surface area contributed by atoms with Crippen LogP contribution in [0, 0.1) is 11.8 Å². The average molecular weight is 140 g/mol. The van der Waals surface area contributed by atoms with Crippen molar-refractivity contribution in [3.63, 3.8) is 0 Å². The van der Waals surface area contributed by atoms with Gasteiger partial charge in [-0.15, -0.1) is 0 Å². The van der Waals surface area contributed by atoms with Crippen LogP contribution >= 0.6 is 0 Å². The first kappa shape index (κ1) is 8.57. The quantitative estimate of drug-likeness (QED) is 0.228. The molecule has 0 aliphatic heterocycles. The van der Waals surface area contributed by atoms with E-state index in [1.165, 1.54) is 26.6 Å². The Hall–Kier alpha value is -1.43. The van der Waals surface area contributed by atoms with Gasteiger partial charge in [-0.3, -0.25) is 0 Å². The smallest absolute Gasteiger partial charge is 0.384 e. The van der Waals surface area contributed by atoms with E-state index >= 15 is 0 Å². The summed E-state index contributed by atoms with van der Waals surface area (Å²) in [5.74, 6) is 4.04. The lowest BCUT2D eigenvalue weighted by Gasteiger charge is -1.82. The molecule has 0 saturated carbocycles. The van der Waals surface area contributed by atoms with Crippen molar-refractivity contribution in [1.82, 2.24) is 0 Å². The van der Waals surface area contributed by atoms with Crippen molar-refractivity contribution in [2.45, 2.75) is 0 Å². The molecule has 0 spiro atoms. The number of esters is 1. The molecule has 3 heteroatoms. The molecule has 0 aromatic heterocycles. The van der Waals surface area contributed by atoms with Crippen molar-refractivity contribution < 1.29 is 14.3 Å². The molecule has 0 rings (SSSR count). The highest BCUT2D eigenvalue weighted by Crippen LogP contribution is 1.71. The normalized spacial score (nSPS) is 8.20. The summed E-state index contributed by atoms with van der Waals surface area (Å²) < 4.78 is 8.77. The van der Waals surface area contributed by atoms with Crippen LogP contribution in [0.3, 0.4) is 0 Å². The second kappa shape index (κ2) is 5.70. The van der Waals surface area contributed by atoms with Crippen LogP contribution in [0.15, 0.2) is 12.3 Å². The van der Waals surface area contributed by atoms with Gasteiger partial charge in [0.15, 0.2) is 0 Å². The average Bonchev–Trinajstić information content (AvgIpc) is 1.98. The van der Waals surface area contributed by atoms with Gasteiger partial charge in [-0.1, -0.05) is 5.92 Å². The van der Waals surface area contributed by atoms with Crippen molar-refractivity contribution in [1.29, 1.82) is 0 Å². The molecule has 54 valence electrons. The van der Waals surface area contributed by atoms with Crippen LogP contribution in [-0.4, -0.2) is 20.2 Å². The second-order valence-corrected chi connectivity index (χ2v) is 1.30. The van der Waals surface area contributed by atoms with Crippen molar-refractivity contribution in [3.05, 3.63) is 12.3 Å². The molecule has 0 aromatic carbocycles. The Morgan fingerprint density at radius 1 is 1.50 bits per heavy atom. The summed E-state index contributed by atoms with van der Waals surface area (Å²) in [5, 5.41) is 0. The summed E-state index contributed by atoms with van der Waals surface area (Å²) >= 11 is 0. The monoisotopic (exact) mass is 140 g/mol. The largest absolute Gasteiger partial charge is 0.504 e. The zero-order chi connectivity index (χ0) is 7.82. The predicted octanol–water partition coefficient (Wildman–Crippen LogP) is 0.323. The summed E-state index contributed by atoms with van der Waals surface area (Å²) in [4.78, 5) is 10.3. The Balaban J connectivity index is 3.69. The van der Waals surface area contributed by atoms with Crippen LogP contribution in [0.5, 0.6) is 0 Å². The summed E-state index contributed by atoms with van der Waals surface area (Å²) in [6.45, 7) is 0. The molecule has 0 unspecified atom stereocenters. The van der Waals surface area contributed by atoms with Gasteiger partial charge in [-0.25, -0.2) is 4.79 Å². The van der Waals surface area contributed by atoms with Crippen molar-refractivity contribution >= 4 is 5.97 Å². The zero-order valence-electron chi connectivity index (χ0n) is 5.88. The first-order valence-corrected chi connectivity index (χ1v) is 2.58. The van der Waals surface area contributed by atoms with Gasteiger partial charge in [-0.2, -0.15) is 0 Å². The number of ether oxygens (including phenoxy) is 2. The van der Waals surface area contributed by atoms with Gasteiger partial charge in [0.2, 0.25) is 0 Å². The van der Waals surface area contributed by atoms with Gasteiger partial charge >= 0.3 is 5.97 Å². The van der Waals surface area contributed by atoms with Gasteiger partial charge < -0.3 is 9.47 Å². The van der Waals surface area contributed by atoms with E-state index in [9.17, 15) is 4.79 Å². The number of rotatable bonds is 1. The summed E-state index contributed by atoms with van der Waals surface area (Å²) in [7, 11) is 2.77. The third-order valence-electron chi connectivity index (χ3n) is 0.647. The molecule has 0 aliphatic rings. The van der Waals surface area contributed by atoms with Crippen LogP contribution in [0.25, 0.3) is 0 Å². The first-order valence-electron chi connectivity index (χ1n) is 2.58. The van der Waals surface area contributed by atoms with Crippen molar-refractivity contribution in [2.75, 3.05) is 14.2 Å². The number of allylic oxidation sites excluding steroid dienone is 1. The van der Waals surface area contributed by atoms with Gasteiger partial charge in [0.25, 0.3) is 0 Å². The highest BCUT2D eigenvalue weighted by atomic mass is 16.5. The molecule has 3 nitrogen and oxygen atoms in total. The van der Waals surface area contributed by atoms with Crippen LogP contribution in [0.2, 0.25) is 0 Å². The predicted molar refractivity (Wildman–Crippen MR) is 35.9 cm³/mol. The highest BCUT2D eigenvalue weighted by molar-refractivity contribution is 5.88. The minimum absolute atomic E-state index is 0.555. The molecule has 0 radical (unpaired) electrons. The molecule has 0 saturated heterocycles. The van der Waals surface area contributed by atoms with Crippen LogP contribution in [0.4, 0.5) is 0 Å². The number of carbonyl (C=O) groups is 1. The van der Waals surface area contributed by atoms with Gasteiger partial charge in [-0.05, 0) is 0 Å². The number of methoxy groups -OCH3 is 2. The van der Waals surface area contributed by atoms with E-state index in [0.29, 0.717) is 0 Å². The number of hydrogen-bond donors (Lipinski definition) is 0. The van der Waals surface area contributed by atoms with Gasteiger partial charge in [0.05, 0.1) is 20.5 Å². The molecule has 0 aliphatic carbocycles. The molecule has 0 amide bonds. The molecule has 0 bridgehead atoms. The van der Waals surface area contributed by atoms with E-state index in [-0.39, 0.29) is 0 Å². The van der Waals surface area contributed by atoms with Crippen LogP contribution < -0.4 is 0 Å². The number of carbonyl (C=O) groups excluding carboxylic acids is 1. The molecular weight excluding hydrogens is 132 g/mol. The Morgan fingerprint density at radius 2 is 2.20 bits per heavy atom. The first-order chi connectivity index (χ1) is 4.81. The minimum atomic E-state index is -0.555. The fourth-order valence-electron chi connectivity index (χ4n) is 0.254. The van der Waals surface area contributed by atoms with Gasteiger partial charge in [0.1, 0.15) is 0 Å².